The molecule has 0 aromatic rings. The smallest absolute Gasteiger partial charge is 0.333 e. The minimum absolute atomic E-state index is 0. The fourth-order valence-electron chi connectivity index (χ4n) is 0.694. The summed E-state index contributed by atoms with van der Waals surface area (Å²) < 4.78 is 0. The van der Waals surface area contributed by atoms with Crippen LogP contribution in [0.1, 0.15) is 6.42 Å². The van der Waals surface area contributed by atoms with E-state index in [0.29, 0.717) is 0 Å². The van der Waals surface area contributed by atoms with E-state index in [0.717, 1.165) is 0 Å². The molecule has 4 N–H and O–H groups in total. The van der Waals surface area contributed by atoms with Crippen molar-refractivity contribution in [2.75, 3.05) is 0 Å². The second kappa shape index (κ2) is 6.36. The van der Waals surface area contributed by atoms with Crippen molar-refractivity contribution in [1.29, 1.82) is 0 Å². The van der Waals surface area contributed by atoms with E-state index in [2.05, 4.69) is 0 Å². The van der Waals surface area contributed by atoms with Crippen LogP contribution >= 0.6 is 0 Å². The van der Waals surface area contributed by atoms with Crippen molar-refractivity contribution in [3.63, 3.8) is 0 Å². The molecule has 0 aromatic heterocycles. The number of aliphatic hydroxyl groups excluding tert-OH is 1. The first-order chi connectivity index (χ1) is 5.86. The Kier molecular flexibility index (Phi) is 6.98. The molecule has 8 heteroatoms. The number of aliphatic hydroxyl groups is 1. The average molecular weight is 248 g/mol. The summed E-state index contributed by atoms with van der Waals surface area (Å²) in [4.78, 5) is 30.5. The van der Waals surface area contributed by atoms with Crippen LogP contribution in [0, 0.1) is 5.92 Å². The molecule has 0 aliphatic heterocycles. The van der Waals surface area contributed by atoms with E-state index in [9.17, 15) is 14.4 Å². The molecule has 0 spiro atoms. The molecule has 0 aromatic carbocycles. The van der Waals surface area contributed by atoms with Gasteiger partial charge >= 0.3 is 17.9 Å². The third kappa shape index (κ3) is 4.80. The molecule has 0 radical (unpaired) electrons. The van der Waals surface area contributed by atoms with Gasteiger partial charge < -0.3 is 20.4 Å². The number of carboxylic acids is 3. The van der Waals surface area contributed by atoms with E-state index >= 15 is 0 Å². The summed E-state index contributed by atoms with van der Waals surface area (Å²) >= 11 is 0. The molecule has 2 atom stereocenters. The Morgan fingerprint density at radius 3 is 1.64 bits per heavy atom. The van der Waals surface area contributed by atoms with Crippen molar-refractivity contribution < 1.29 is 51.9 Å². The van der Waals surface area contributed by atoms with Gasteiger partial charge in [0, 0.05) is 17.1 Å². The van der Waals surface area contributed by atoms with Gasteiger partial charge in [-0.15, -0.1) is 0 Å². The Morgan fingerprint density at radius 1 is 1.00 bits per heavy atom. The zero-order valence-corrected chi connectivity index (χ0v) is 7.83. The van der Waals surface area contributed by atoms with Gasteiger partial charge in [0.1, 0.15) is 5.92 Å². The number of carbonyl (C=O) groups is 3. The van der Waals surface area contributed by atoms with E-state index in [1.54, 1.807) is 0 Å². The summed E-state index contributed by atoms with van der Waals surface area (Å²) in [5.74, 6) is -6.71. The van der Waals surface area contributed by atoms with Gasteiger partial charge in [0.15, 0.2) is 6.10 Å². The van der Waals surface area contributed by atoms with Gasteiger partial charge in [-0.2, -0.15) is 0 Å². The molecule has 0 aliphatic carbocycles. The van der Waals surface area contributed by atoms with Gasteiger partial charge in [0.05, 0.1) is 6.42 Å². The molecule has 14 heavy (non-hydrogen) atoms. The largest absolute Gasteiger partial charge is 0.481 e. The molecule has 0 bridgehead atoms. The SMILES string of the molecule is O=C(O)CC(C(=O)O)C(O)C(=O)O.[Fe]. The minimum Gasteiger partial charge on any atom is -0.481 e. The van der Waals surface area contributed by atoms with Crippen LogP contribution < -0.4 is 0 Å². The topological polar surface area (TPSA) is 132 Å². The van der Waals surface area contributed by atoms with Crippen molar-refractivity contribution in [3.8, 4) is 0 Å². The van der Waals surface area contributed by atoms with Crippen molar-refractivity contribution in [1.82, 2.24) is 0 Å². The molecule has 0 amide bonds. The monoisotopic (exact) mass is 248 g/mol. The van der Waals surface area contributed by atoms with Crippen LogP contribution in [0.5, 0.6) is 0 Å². The number of rotatable bonds is 5. The summed E-state index contributed by atoms with van der Waals surface area (Å²) in [5.41, 5.74) is 0. The zero-order valence-electron chi connectivity index (χ0n) is 6.73. The average Bonchev–Trinajstić information content (AvgIpc) is 1.97. The number of aliphatic carboxylic acids is 3. The molecule has 0 rings (SSSR count). The Hall–Kier alpha value is -1.11. The number of hydrogen-bond acceptors (Lipinski definition) is 4. The predicted molar refractivity (Wildman–Crippen MR) is 37.0 cm³/mol. The third-order valence-electron chi connectivity index (χ3n) is 1.35. The molecule has 0 aliphatic rings. The van der Waals surface area contributed by atoms with Gasteiger partial charge in [-0.3, -0.25) is 9.59 Å². The van der Waals surface area contributed by atoms with Crippen LogP contribution in [-0.2, 0) is 31.5 Å². The third-order valence-corrected chi connectivity index (χ3v) is 1.35. The van der Waals surface area contributed by atoms with E-state index < -0.39 is 36.4 Å². The molecular formula is C6H8FeO7. The predicted octanol–water partition coefficient (Wildman–Crippen LogP) is -1.40. The first kappa shape index (κ1) is 15.4. The Labute approximate surface area is 88.8 Å². The van der Waals surface area contributed by atoms with Crippen LogP contribution in [0.4, 0.5) is 0 Å². The quantitative estimate of drug-likeness (QED) is 0.440. The summed E-state index contributed by atoms with van der Waals surface area (Å²) in [5, 5.41) is 33.5. The maximum atomic E-state index is 10.3. The van der Waals surface area contributed by atoms with Crippen molar-refractivity contribution in [3.05, 3.63) is 0 Å². The standard InChI is InChI=1S/C6H8O7.Fe/c7-3(8)1-2(5(10)11)4(9)6(12)13;/h2,4,9H,1H2,(H,7,8)(H,10,11)(H,12,13);. The molecule has 2 unspecified atom stereocenters. The van der Waals surface area contributed by atoms with Crippen LogP contribution in [0.3, 0.4) is 0 Å². The first-order valence-electron chi connectivity index (χ1n) is 3.21. The Morgan fingerprint density at radius 2 is 1.43 bits per heavy atom. The number of hydrogen-bond donors (Lipinski definition) is 4. The molecular weight excluding hydrogens is 240 g/mol. The maximum absolute atomic E-state index is 10.3. The number of carboxylic acid groups (broad SMARTS) is 3. The summed E-state index contributed by atoms with van der Waals surface area (Å²) in [7, 11) is 0. The second-order valence-electron chi connectivity index (χ2n) is 2.33. The molecule has 82 valence electrons. The second-order valence-corrected chi connectivity index (χ2v) is 2.33. The molecule has 0 saturated heterocycles. The van der Waals surface area contributed by atoms with Crippen LogP contribution in [0.2, 0.25) is 0 Å². The summed E-state index contributed by atoms with van der Waals surface area (Å²) in [6, 6.07) is 0. The zero-order chi connectivity index (χ0) is 10.6. The fraction of sp³-hybridized carbons (Fsp3) is 0.500. The van der Waals surface area contributed by atoms with E-state index in [1.165, 1.54) is 0 Å². The fourth-order valence-corrected chi connectivity index (χ4v) is 0.694. The first-order valence-corrected chi connectivity index (χ1v) is 3.21. The summed E-state index contributed by atoms with van der Waals surface area (Å²) in [6.45, 7) is 0. The van der Waals surface area contributed by atoms with Crippen molar-refractivity contribution in [2.45, 2.75) is 12.5 Å². The molecule has 0 fully saturated rings. The van der Waals surface area contributed by atoms with Crippen LogP contribution in [0.25, 0.3) is 0 Å². The van der Waals surface area contributed by atoms with Gasteiger partial charge in [-0.05, 0) is 0 Å². The Bertz CT molecular complexity index is 238. The van der Waals surface area contributed by atoms with Gasteiger partial charge in [-0.1, -0.05) is 0 Å². The van der Waals surface area contributed by atoms with Crippen LogP contribution in [-0.4, -0.2) is 44.4 Å². The normalized spacial score (nSPS) is 13.5. The van der Waals surface area contributed by atoms with Gasteiger partial charge in [0.2, 0.25) is 0 Å². The molecule has 0 heterocycles. The van der Waals surface area contributed by atoms with Gasteiger partial charge in [-0.25, -0.2) is 4.79 Å². The van der Waals surface area contributed by atoms with Crippen LogP contribution in [0.15, 0.2) is 0 Å². The van der Waals surface area contributed by atoms with Crippen molar-refractivity contribution >= 4 is 17.9 Å². The molecule has 0 saturated carbocycles. The Balaban J connectivity index is 0. The van der Waals surface area contributed by atoms with E-state index in [-0.39, 0.29) is 17.1 Å². The maximum Gasteiger partial charge on any atom is 0.333 e. The van der Waals surface area contributed by atoms with Crippen molar-refractivity contribution in [2.24, 2.45) is 5.92 Å². The summed E-state index contributed by atoms with van der Waals surface area (Å²) in [6.07, 6.45) is -3.13. The minimum atomic E-state index is -2.20. The van der Waals surface area contributed by atoms with E-state index in [1.807, 2.05) is 0 Å². The van der Waals surface area contributed by atoms with E-state index in [4.69, 9.17) is 20.4 Å². The molecule has 7 nitrogen and oxygen atoms in total. The van der Waals surface area contributed by atoms with Gasteiger partial charge in [0.25, 0.3) is 0 Å².